The third-order valence-electron chi connectivity index (χ3n) is 8.96. The van der Waals surface area contributed by atoms with E-state index < -0.39 is 309 Å². The molecule has 0 aliphatic rings. The zero-order valence-corrected chi connectivity index (χ0v) is 27.1. The highest BCUT2D eigenvalue weighted by atomic mass is 16.3. The normalized spacial score (nSPS) is 20.1. The molecule has 0 bridgehead atoms. The molecule has 11 rings (SSSR count). The van der Waals surface area contributed by atoms with Gasteiger partial charge < -0.3 is 4.42 Å². The molecule has 0 atom stereocenters. The Hall–Kier alpha value is -6.96. The maximum Gasteiger partial charge on any atom is 0.135 e. The number of fused-ring (bicyclic) bond motifs is 7. The first-order valence-corrected chi connectivity index (χ1v) is 16.1. The molecule has 1 heterocycles. The molecule has 54 heavy (non-hydrogen) atoms. The molecule has 11 aromatic rings. The van der Waals surface area contributed by atoms with Crippen molar-refractivity contribution in [2.24, 2.45) is 0 Å². The quantitative estimate of drug-likeness (QED) is 0.162. The summed E-state index contributed by atoms with van der Waals surface area (Å²) in [6.07, 6.45) is -1.14. The van der Waals surface area contributed by atoms with Gasteiger partial charge >= 0.3 is 0 Å². The fourth-order valence-electron chi connectivity index (χ4n) is 6.67. The predicted octanol–water partition coefficient (Wildman–Crippen LogP) is 14.8. The van der Waals surface area contributed by atoms with Gasteiger partial charge in [-0.1, -0.05) is 163 Å². The van der Waals surface area contributed by atoms with Crippen molar-refractivity contribution in [3.05, 3.63) is 204 Å². The monoisotopic (exact) mass is 718 g/mol. The lowest BCUT2D eigenvalue weighted by Gasteiger charge is -2.22. The Morgan fingerprint density at radius 3 is 1.74 bits per heavy atom. The standard InChI is InChI=1S/C53H34O/c1-2-14-36(15-3-1)46-33-49-48(32-39(46)30-37-20-12-18-34-16-4-6-21-40(34)37)53(43-26-13-19-35-17-5-7-22-41(35)43)45-25-9-8-24-44(45)52(49)38-28-29-51-47(31-38)42-23-10-11-27-50(42)54-51/h1-29,31-33H,30H2/i1D,2D,3D,4D,5D,6D,7D,8D,9D,10D,11D,12D,13D,14D,15D,16D,17D,18D,19D,20D,21D,22D,23D,24D,25D,26D,27D,28D,29D,31D,32D,33D. The minimum absolute atomic E-state index is 0.533. The summed E-state index contributed by atoms with van der Waals surface area (Å²) < 4.78 is 300. The molecule has 0 unspecified atom stereocenters. The first-order valence-electron chi connectivity index (χ1n) is 32.1. The van der Waals surface area contributed by atoms with Crippen molar-refractivity contribution >= 4 is 65.0 Å². The van der Waals surface area contributed by atoms with Gasteiger partial charge in [0.2, 0.25) is 0 Å². The van der Waals surface area contributed by atoms with Crippen LogP contribution < -0.4 is 0 Å². The van der Waals surface area contributed by atoms with E-state index in [2.05, 4.69) is 0 Å². The molecule has 1 nitrogen and oxygen atoms in total. The molecule has 252 valence electrons. The first-order chi connectivity index (χ1) is 40.1. The van der Waals surface area contributed by atoms with Gasteiger partial charge in [0.15, 0.2) is 0 Å². The van der Waals surface area contributed by atoms with Crippen LogP contribution in [0.25, 0.3) is 98.4 Å². The highest BCUT2D eigenvalue weighted by molar-refractivity contribution is 6.25. The molecule has 1 heteroatoms. The Morgan fingerprint density at radius 2 is 0.926 bits per heavy atom. The second-order valence-electron chi connectivity index (χ2n) is 11.9. The summed E-state index contributed by atoms with van der Waals surface area (Å²) in [7, 11) is 0. The van der Waals surface area contributed by atoms with Crippen LogP contribution in [-0.2, 0) is 6.42 Å². The highest BCUT2D eigenvalue weighted by Gasteiger charge is 2.22. The van der Waals surface area contributed by atoms with E-state index in [-0.39, 0.29) is 0 Å². The molecule has 0 aliphatic carbocycles. The molecule has 0 fully saturated rings. The summed E-state index contributed by atoms with van der Waals surface area (Å²) in [5.41, 5.74) is -7.97. The minimum Gasteiger partial charge on any atom is -0.456 e. The van der Waals surface area contributed by atoms with Crippen LogP contribution in [0.4, 0.5) is 0 Å². The topological polar surface area (TPSA) is 13.1 Å². The van der Waals surface area contributed by atoms with Crippen molar-refractivity contribution in [1.82, 2.24) is 0 Å². The van der Waals surface area contributed by atoms with Gasteiger partial charge in [0.05, 0.1) is 43.9 Å². The Morgan fingerprint density at radius 1 is 0.333 bits per heavy atom. The van der Waals surface area contributed by atoms with Gasteiger partial charge in [-0.25, -0.2) is 0 Å². The van der Waals surface area contributed by atoms with Gasteiger partial charge in [-0.15, -0.1) is 0 Å². The Labute approximate surface area is 358 Å². The maximum atomic E-state index is 10.7. The van der Waals surface area contributed by atoms with Crippen LogP contribution in [0.2, 0.25) is 0 Å². The molecule has 10 aromatic carbocycles. The minimum atomic E-state index is -1.17. The number of rotatable bonds is 5. The molecule has 0 amide bonds. The summed E-state index contributed by atoms with van der Waals surface area (Å²) in [6.45, 7) is 0. The molecule has 0 N–H and O–H groups in total. The summed E-state index contributed by atoms with van der Waals surface area (Å²) in [6, 6.07) is -31.6. The molecule has 1 aromatic heterocycles. The Kier molecular flexibility index (Phi) is 2.87. The second-order valence-corrected chi connectivity index (χ2v) is 11.9. The zero-order valence-electron chi connectivity index (χ0n) is 59.1. The summed E-state index contributed by atoms with van der Waals surface area (Å²) >= 11 is 0. The Bertz CT molecular complexity index is 5060. The number of hydrogen-bond acceptors (Lipinski definition) is 1. The SMILES string of the molecule is [2H]c1c([2H])c([2H])c(-c2c(Cc3c([2H])c([2H])c([2H])c4c([2H])c([2H])c([2H])c([2H])c34)c([2H])c3c(-c4c([2H])c([2H])c([2H])c5c([2H])c([2H])c([2H])c([2H])c45)c4c([2H])c([2H])c([2H])c([2H])c4c(-c4c([2H])c([2H])c5oc6c([2H])c([2H])c([2H])c([2H])c6c5c4[2H])c3c2[2H])c([2H])c1[2H]. The maximum absolute atomic E-state index is 10.7. The first kappa shape index (κ1) is 12.6. The predicted molar refractivity (Wildman–Crippen MR) is 229 cm³/mol. The number of benzene rings is 10. The van der Waals surface area contributed by atoms with Gasteiger partial charge in [0, 0.05) is 10.8 Å². The molecule has 0 radical (unpaired) electrons. The van der Waals surface area contributed by atoms with E-state index in [0.717, 1.165) is 0 Å². The van der Waals surface area contributed by atoms with Crippen molar-refractivity contribution in [1.29, 1.82) is 0 Å². The molecular formula is C53H34O. The van der Waals surface area contributed by atoms with Crippen LogP contribution in [0.15, 0.2) is 198 Å². The van der Waals surface area contributed by atoms with E-state index in [4.69, 9.17) is 30.5 Å². The molecular weight excluding hydrogens is 653 g/mol. The molecule has 0 aliphatic heterocycles. The summed E-state index contributed by atoms with van der Waals surface area (Å²) in [5, 5.41) is -7.41. The smallest absolute Gasteiger partial charge is 0.135 e. The molecule has 0 spiro atoms. The van der Waals surface area contributed by atoms with E-state index >= 15 is 0 Å². The summed E-state index contributed by atoms with van der Waals surface area (Å²) in [5.74, 6) is 0. The van der Waals surface area contributed by atoms with Gasteiger partial charge in [-0.3, -0.25) is 0 Å². The largest absolute Gasteiger partial charge is 0.456 e. The van der Waals surface area contributed by atoms with Crippen LogP contribution in [0.1, 0.15) is 55.0 Å². The van der Waals surface area contributed by atoms with Crippen molar-refractivity contribution < 1.29 is 48.3 Å². The van der Waals surface area contributed by atoms with E-state index in [1.165, 1.54) is 0 Å². The van der Waals surface area contributed by atoms with Crippen LogP contribution >= 0.6 is 0 Å². The highest BCUT2D eigenvalue weighted by Crippen LogP contribution is 2.48. The van der Waals surface area contributed by atoms with Crippen molar-refractivity contribution in [3.8, 4) is 33.4 Å². The lowest BCUT2D eigenvalue weighted by molar-refractivity contribution is 0.669. The number of hydrogen-bond donors (Lipinski definition) is 0. The average Bonchev–Trinajstić information content (AvgIpc) is 0.784. The number of para-hydroxylation sites is 1. The molecule has 0 saturated carbocycles. The van der Waals surface area contributed by atoms with E-state index in [1.807, 2.05) is 0 Å². The van der Waals surface area contributed by atoms with E-state index in [0.29, 0.717) is 0 Å². The van der Waals surface area contributed by atoms with Gasteiger partial charge in [-0.05, 0) is 124 Å². The van der Waals surface area contributed by atoms with Crippen molar-refractivity contribution in [3.63, 3.8) is 0 Å². The lowest BCUT2D eigenvalue weighted by Crippen LogP contribution is -1.98. The van der Waals surface area contributed by atoms with Gasteiger partial charge in [0.1, 0.15) is 11.2 Å². The lowest BCUT2D eigenvalue weighted by atomic mass is 9.81. The fourth-order valence-corrected chi connectivity index (χ4v) is 6.67. The summed E-state index contributed by atoms with van der Waals surface area (Å²) in [4.78, 5) is 0. The van der Waals surface area contributed by atoms with Crippen molar-refractivity contribution in [2.75, 3.05) is 0 Å². The van der Waals surface area contributed by atoms with E-state index in [1.54, 1.807) is 0 Å². The van der Waals surface area contributed by atoms with Crippen LogP contribution in [0.3, 0.4) is 0 Å². The van der Waals surface area contributed by atoms with Crippen molar-refractivity contribution in [2.45, 2.75) is 6.42 Å². The van der Waals surface area contributed by atoms with Crippen LogP contribution in [0.5, 0.6) is 0 Å². The number of furan rings is 1. The van der Waals surface area contributed by atoms with Crippen LogP contribution in [0, 0.1) is 0 Å². The zero-order chi connectivity index (χ0) is 63.4. The third-order valence-corrected chi connectivity index (χ3v) is 8.96. The third kappa shape index (κ3) is 4.86. The van der Waals surface area contributed by atoms with Gasteiger partial charge in [0.25, 0.3) is 0 Å². The fraction of sp³-hybridized carbons (Fsp3) is 0.0189. The van der Waals surface area contributed by atoms with Crippen LogP contribution in [-0.4, -0.2) is 0 Å². The van der Waals surface area contributed by atoms with E-state index in [9.17, 15) is 17.8 Å². The second kappa shape index (κ2) is 12.3. The average molecular weight is 719 g/mol. The Balaban J connectivity index is 1.56. The van der Waals surface area contributed by atoms with Gasteiger partial charge in [-0.2, -0.15) is 0 Å². The molecule has 0 saturated heterocycles.